The average Bonchev–Trinajstić information content (AvgIpc) is 3.45. The molecular weight excluding hydrogens is 570 g/mol. The van der Waals surface area contributed by atoms with Crippen LogP contribution in [0.4, 0.5) is 22.7 Å². The number of H-pyrrole nitrogens is 1. The van der Waals surface area contributed by atoms with Gasteiger partial charge in [0.25, 0.3) is 11.5 Å². The summed E-state index contributed by atoms with van der Waals surface area (Å²) in [5.41, 5.74) is 0.729. The molecule has 6 rings (SSSR count). The zero-order chi connectivity index (χ0) is 28.9. The lowest BCUT2D eigenvalue weighted by molar-refractivity contribution is -0.286. The Balaban J connectivity index is 1.15. The number of aromatic nitrogens is 2. The molecule has 0 spiro atoms. The molecular formula is C26H27F4N5O5S. The van der Waals surface area contributed by atoms with E-state index in [0.717, 1.165) is 11.3 Å². The molecule has 15 heteroatoms. The quantitative estimate of drug-likeness (QED) is 0.415. The second-order valence-electron chi connectivity index (χ2n) is 10.4. The van der Waals surface area contributed by atoms with E-state index in [4.69, 9.17) is 4.74 Å². The van der Waals surface area contributed by atoms with Gasteiger partial charge in [-0.05, 0) is 18.6 Å². The van der Waals surface area contributed by atoms with E-state index in [-0.39, 0.29) is 35.3 Å². The van der Waals surface area contributed by atoms with Gasteiger partial charge in [0.05, 0.1) is 35.4 Å². The van der Waals surface area contributed by atoms with Crippen molar-refractivity contribution in [2.75, 3.05) is 44.7 Å². The molecule has 2 aromatic heterocycles. The number of fused-ring (bicyclic) bond motifs is 2. The maximum atomic E-state index is 15.2. The van der Waals surface area contributed by atoms with E-state index in [1.165, 1.54) is 18.3 Å². The van der Waals surface area contributed by atoms with Gasteiger partial charge in [0.15, 0.2) is 16.6 Å². The van der Waals surface area contributed by atoms with Gasteiger partial charge in [-0.2, -0.15) is 0 Å². The minimum atomic E-state index is -3.75. The Morgan fingerprint density at radius 2 is 1.90 bits per heavy atom. The summed E-state index contributed by atoms with van der Waals surface area (Å²) in [4.78, 5) is 36.2. The van der Waals surface area contributed by atoms with Crippen molar-refractivity contribution in [3.63, 3.8) is 0 Å². The molecule has 2 unspecified atom stereocenters. The van der Waals surface area contributed by atoms with Crippen LogP contribution in [-0.4, -0.2) is 83.3 Å². The van der Waals surface area contributed by atoms with E-state index in [0.29, 0.717) is 54.2 Å². The number of halogens is 4. The number of amides is 1. The van der Waals surface area contributed by atoms with Crippen LogP contribution in [0.25, 0.3) is 10.2 Å². The number of thiazole rings is 1. The highest BCUT2D eigenvalue weighted by Crippen LogP contribution is 2.45. The fourth-order valence-electron chi connectivity index (χ4n) is 5.30. The Kier molecular flexibility index (Phi) is 7.16. The van der Waals surface area contributed by atoms with Gasteiger partial charge in [-0.1, -0.05) is 11.3 Å². The van der Waals surface area contributed by atoms with Crippen molar-refractivity contribution in [1.82, 2.24) is 19.8 Å². The Bertz CT molecular complexity index is 1480. The molecule has 2 saturated heterocycles. The van der Waals surface area contributed by atoms with Crippen molar-refractivity contribution in [3.05, 3.63) is 45.9 Å². The molecule has 3 aliphatic heterocycles. The number of aromatic amines is 1. The second kappa shape index (κ2) is 10.5. The van der Waals surface area contributed by atoms with E-state index in [1.807, 2.05) is 4.90 Å². The van der Waals surface area contributed by atoms with E-state index in [2.05, 4.69) is 24.8 Å². The first kappa shape index (κ1) is 27.9. The number of ether oxygens (including phenoxy) is 3. The van der Waals surface area contributed by atoms with Crippen molar-refractivity contribution in [1.29, 1.82) is 0 Å². The Labute approximate surface area is 235 Å². The highest BCUT2D eigenvalue weighted by atomic mass is 32.1. The summed E-state index contributed by atoms with van der Waals surface area (Å²) in [7, 11) is 0. The molecule has 220 valence electrons. The molecule has 10 nitrogen and oxygen atoms in total. The number of piperidine rings is 1. The van der Waals surface area contributed by atoms with Crippen LogP contribution in [0.15, 0.2) is 29.2 Å². The maximum Gasteiger partial charge on any atom is 0.586 e. The number of hydrogen-bond donors (Lipinski definition) is 2. The predicted molar refractivity (Wildman–Crippen MR) is 141 cm³/mol. The third-order valence-electron chi connectivity index (χ3n) is 7.63. The standard InChI is InChI=1S/C26H27F4N5O5S/c1-14(22(36)33-24-32-18-9-19-20(10-21(18)41-24)40-26(29,30)39-19)35-3-2-25(27,28)17(13-35)15-8-16(23(37)31-11-15)12-34-4-6-38-7-5-34/h8-11,14,17H,2-7,12-13H2,1H3,(H,31,37)(H,32,33,36). The van der Waals surface area contributed by atoms with Crippen LogP contribution in [0.2, 0.25) is 0 Å². The number of anilines is 1. The number of carbonyl (C=O) groups excluding carboxylic acids is 1. The second-order valence-corrected chi connectivity index (χ2v) is 11.4. The van der Waals surface area contributed by atoms with Gasteiger partial charge in [0.1, 0.15) is 0 Å². The van der Waals surface area contributed by atoms with Crippen LogP contribution in [-0.2, 0) is 16.1 Å². The fraction of sp³-hybridized carbons (Fsp3) is 0.500. The summed E-state index contributed by atoms with van der Waals surface area (Å²) >= 11 is 1.06. The van der Waals surface area contributed by atoms with E-state index in [1.54, 1.807) is 17.9 Å². The molecule has 3 aromatic rings. The van der Waals surface area contributed by atoms with Gasteiger partial charge < -0.3 is 24.5 Å². The number of nitrogens with zero attached hydrogens (tertiary/aromatic N) is 3. The lowest BCUT2D eigenvalue weighted by atomic mass is 9.86. The number of pyridine rings is 1. The molecule has 2 N–H and O–H groups in total. The van der Waals surface area contributed by atoms with Crippen molar-refractivity contribution in [3.8, 4) is 11.5 Å². The topological polar surface area (TPSA) is 109 Å². The summed E-state index contributed by atoms with van der Waals surface area (Å²) < 4.78 is 71.8. The summed E-state index contributed by atoms with van der Waals surface area (Å²) in [6.07, 6.45) is -2.87. The van der Waals surface area contributed by atoms with E-state index >= 15 is 8.78 Å². The van der Waals surface area contributed by atoms with Crippen molar-refractivity contribution in [2.24, 2.45) is 0 Å². The lowest BCUT2D eigenvalue weighted by Crippen LogP contribution is -2.52. The van der Waals surface area contributed by atoms with Crippen molar-refractivity contribution in [2.45, 2.75) is 44.1 Å². The third-order valence-corrected chi connectivity index (χ3v) is 8.56. The lowest BCUT2D eigenvalue weighted by Gasteiger charge is -2.40. The van der Waals surface area contributed by atoms with E-state index in [9.17, 15) is 18.4 Å². The molecule has 5 heterocycles. The molecule has 3 aliphatic rings. The van der Waals surface area contributed by atoms with Crippen LogP contribution in [0, 0.1) is 0 Å². The highest BCUT2D eigenvalue weighted by Gasteiger charge is 2.47. The Morgan fingerprint density at radius 1 is 1.17 bits per heavy atom. The van der Waals surface area contributed by atoms with Crippen molar-refractivity contribution >= 4 is 32.6 Å². The molecule has 0 aliphatic carbocycles. The van der Waals surface area contributed by atoms with Gasteiger partial charge in [0, 0.05) is 63.0 Å². The summed E-state index contributed by atoms with van der Waals surface area (Å²) in [5, 5.41) is 2.93. The first-order valence-electron chi connectivity index (χ1n) is 13.1. The Morgan fingerprint density at radius 3 is 2.66 bits per heavy atom. The van der Waals surface area contributed by atoms with Crippen LogP contribution in [0.5, 0.6) is 11.5 Å². The Hall–Kier alpha value is -3.27. The number of rotatable bonds is 6. The van der Waals surface area contributed by atoms with Crippen LogP contribution < -0.4 is 20.3 Å². The van der Waals surface area contributed by atoms with E-state index < -0.39 is 36.5 Å². The monoisotopic (exact) mass is 597 g/mol. The molecule has 41 heavy (non-hydrogen) atoms. The minimum absolute atomic E-state index is 0.00245. The van der Waals surface area contributed by atoms with Gasteiger partial charge in [-0.3, -0.25) is 19.4 Å². The highest BCUT2D eigenvalue weighted by molar-refractivity contribution is 7.22. The number of nitrogens with one attached hydrogen (secondary N) is 2. The first-order valence-corrected chi connectivity index (χ1v) is 13.9. The number of alkyl halides is 4. The largest absolute Gasteiger partial charge is 0.586 e. The summed E-state index contributed by atoms with van der Waals surface area (Å²) in [6, 6.07) is 3.43. The summed E-state index contributed by atoms with van der Waals surface area (Å²) in [5.74, 6) is -5.00. The third kappa shape index (κ3) is 5.76. The van der Waals surface area contributed by atoms with Gasteiger partial charge in [-0.15, -0.1) is 8.78 Å². The fourth-order valence-corrected chi connectivity index (χ4v) is 6.18. The molecule has 1 amide bonds. The molecule has 1 aromatic carbocycles. The average molecular weight is 598 g/mol. The maximum absolute atomic E-state index is 15.2. The van der Waals surface area contributed by atoms with Crippen LogP contribution in [0.3, 0.4) is 0 Å². The SMILES string of the molecule is CC(C(=O)Nc1nc2cc3c(cc2s1)OC(F)(F)O3)N1CCC(F)(F)C(c2c[nH]c(=O)c(CN3CCOCC3)c2)C1. The zero-order valence-corrected chi connectivity index (χ0v) is 22.7. The molecule has 2 atom stereocenters. The van der Waals surface area contributed by atoms with Crippen LogP contribution >= 0.6 is 11.3 Å². The zero-order valence-electron chi connectivity index (χ0n) is 21.9. The number of carbonyl (C=O) groups is 1. The predicted octanol–water partition coefficient (Wildman–Crippen LogP) is 3.59. The number of likely N-dealkylation sites (tertiary alicyclic amines) is 1. The number of morpholine rings is 1. The van der Waals surface area contributed by atoms with Gasteiger partial charge in [-0.25, -0.2) is 13.8 Å². The first-order chi connectivity index (χ1) is 19.5. The number of hydrogen-bond acceptors (Lipinski definition) is 9. The molecule has 0 radical (unpaired) electrons. The van der Waals surface area contributed by atoms with Gasteiger partial charge >= 0.3 is 6.29 Å². The summed E-state index contributed by atoms with van der Waals surface area (Å²) in [6.45, 7) is 4.26. The smallest absolute Gasteiger partial charge is 0.395 e. The van der Waals surface area contributed by atoms with Gasteiger partial charge in [0.2, 0.25) is 5.91 Å². The molecule has 0 saturated carbocycles. The normalized spacial score (nSPS) is 23.0. The molecule has 2 fully saturated rings. The van der Waals surface area contributed by atoms with Crippen molar-refractivity contribution < 1.29 is 36.6 Å². The van der Waals surface area contributed by atoms with Crippen LogP contribution in [0.1, 0.15) is 30.4 Å². The number of benzene rings is 1. The minimum Gasteiger partial charge on any atom is -0.395 e. The molecule has 0 bridgehead atoms.